The van der Waals surface area contributed by atoms with Crippen LogP contribution in [0.4, 0.5) is 18.0 Å². The van der Waals surface area contributed by atoms with Crippen LogP contribution in [0.3, 0.4) is 0 Å². The Bertz CT molecular complexity index is 713. The van der Waals surface area contributed by atoms with Gasteiger partial charge in [0.25, 0.3) is 0 Å². The Morgan fingerprint density at radius 2 is 1.53 bits per heavy atom. The van der Waals surface area contributed by atoms with Gasteiger partial charge in [-0.3, -0.25) is 4.78 Å². The third kappa shape index (κ3) is 11.5. The van der Waals surface area contributed by atoms with Crippen LogP contribution in [0.2, 0.25) is 18.1 Å². The van der Waals surface area contributed by atoms with Gasteiger partial charge >= 0.3 is 18.2 Å². The lowest BCUT2D eigenvalue weighted by atomic mass is 10.2. The highest BCUT2D eigenvalue weighted by Crippen LogP contribution is 2.32. The number of aliphatic carboxylic acids is 1. The normalized spacial score (nSPS) is 16.7. The number of amides is 1. The van der Waals surface area contributed by atoms with E-state index in [1.165, 1.54) is 0 Å². The van der Waals surface area contributed by atoms with Crippen molar-refractivity contribution in [3.8, 4) is 0 Å². The zero-order chi connectivity index (χ0) is 25.4. The van der Waals surface area contributed by atoms with E-state index in [0.29, 0.717) is 18.1 Å². The smallest absolute Gasteiger partial charge is 0.413 e. The first kappa shape index (κ1) is 30.7. The molecule has 0 spiro atoms. The van der Waals surface area contributed by atoms with Crippen LogP contribution in [0, 0.1) is 4.78 Å². The van der Waals surface area contributed by atoms with E-state index in [0.717, 1.165) is 0 Å². The maximum atomic E-state index is 13.5. The highest BCUT2D eigenvalue weighted by atomic mass is 32.2. The van der Waals surface area contributed by atoms with E-state index in [9.17, 15) is 32.1 Å². The second kappa shape index (κ2) is 12.2. The molecule has 3 atom stereocenters. The number of ether oxygens (including phenoxy) is 1. The average Bonchev–Trinajstić information content (AvgIpc) is 2.63. The zero-order valence-electron chi connectivity index (χ0n) is 19.6. The molecule has 0 heterocycles. The summed E-state index contributed by atoms with van der Waals surface area (Å²) in [7, 11) is -6.12. The molecule has 0 aromatic rings. The first-order valence-electron chi connectivity index (χ1n) is 10.6. The molecule has 0 radical (unpaired) electrons. The number of rotatable bonds is 13. The van der Waals surface area contributed by atoms with Crippen molar-refractivity contribution < 1.29 is 41.2 Å². The van der Waals surface area contributed by atoms with Crippen molar-refractivity contribution >= 4 is 30.1 Å². The summed E-state index contributed by atoms with van der Waals surface area (Å²) in [6, 6.07) is 0.0595. The molecule has 0 saturated heterocycles. The van der Waals surface area contributed by atoms with Crippen LogP contribution in [-0.2, 0) is 23.7 Å². The van der Waals surface area contributed by atoms with E-state index >= 15 is 0 Å². The van der Waals surface area contributed by atoms with Crippen molar-refractivity contribution in [2.75, 3.05) is 11.5 Å². The van der Waals surface area contributed by atoms with E-state index in [1.54, 1.807) is 41.5 Å². The van der Waals surface area contributed by atoms with Gasteiger partial charge in [0, 0.05) is 21.2 Å². The number of halogens is 3. The Morgan fingerprint density at radius 3 is 1.91 bits per heavy atom. The molecule has 0 saturated carbocycles. The van der Waals surface area contributed by atoms with Crippen molar-refractivity contribution in [2.45, 2.75) is 96.4 Å². The molecular formula is C19H37F3N2O6SSi. The third-order valence-corrected chi connectivity index (χ3v) is 11.6. The fourth-order valence-corrected chi connectivity index (χ4v) is 7.28. The topological polar surface area (TPSA) is 126 Å². The molecule has 1 amide bonds. The van der Waals surface area contributed by atoms with Gasteiger partial charge < -0.3 is 19.6 Å². The first-order chi connectivity index (χ1) is 14.4. The Balaban J connectivity index is 5.14. The molecule has 0 aliphatic heterocycles. The maximum absolute atomic E-state index is 13.5. The second-order valence-electron chi connectivity index (χ2n) is 8.73. The number of alkyl halides is 3. The molecule has 0 aromatic heterocycles. The minimum atomic E-state index is -4.66. The Hall–Kier alpha value is -1.34. The van der Waals surface area contributed by atoms with Crippen molar-refractivity contribution in [3.05, 3.63) is 0 Å². The Kier molecular flexibility index (Phi) is 11.7. The summed E-state index contributed by atoms with van der Waals surface area (Å²) in [5, 5.41) is 11.4. The lowest BCUT2D eigenvalue weighted by Gasteiger charge is -2.34. The monoisotopic (exact) mass is 506 g/mol. The van der Waals surface area contributed by atoms with Crippen molar-refractivity contribution in [1.29, 1.82) is 4.78 Å². The molecule has 1 unspecified atom stereocenters. The second-order valence-corrected chi connectivity index (χ2v) is 15.9. The summed E-state index contributed by atoms with van der Waals surface area (Å²) in [6.07, 6.45) is -8.79. The first-order valence-corrected chi connectivity index (χ1v) is 15.0. The van der Waals surface area contributed by atoms with Gasteiger partial charge in [-0.2, -0.15) is 13.2 Å². The molecule has 0 bridgehead atoms. The van der Waals surface area contributed by atoms with Gasteiger partial charge in [-0.05, 0) is 51.7 Å². The molecule has 3 N–H and O–H groups in total. The van der Waals surface area contributed by atoms with Crippen molar-refractivity contribution in [1.82, 2.24) is 5.32 Å². The largest absolute Gasteiger partial charge is 0.480 e. The summed E-state index contributed by atoms with van der Waals surface area (Å²) in [5.74, 6) is -2.49. The predicted molar refractivity (Wildman–Crippen MR) is 119 cm³/mol. The molecule has 8 nitrogen and oxygen atoms in total. The van der Waals surface area contributed by atoms with Gasteiger partial charge in [0.1, 0.15) is 17.7 Å². The summed E-state index contributed by atoms with van der Waals surface area (Å²) in [5.41, 5.74) is -0.864. The van der Waals surface area contributed by atoms with E-state index in [-0.39, 0.29) is 6.42 Å². The molecule has 32 heavy (non-hydrogen) atoms. The fourth-order valence-electron chi connectivity index (χ4n) is 3.01. The minimum Gasteiger partial charge on any atom is -0.480 e. The summed E-state index contributed by atoms with van der Waals surface area (Å²) in [4.78, 5) is 23.2. The van der Waals surface area contributed by atoms with Crippen molar-refractivity contribution in [3.63, 3.8) is 0 Å². The van der Waals surface area contributed by atoms with E-state index in [4.69, 9.17) is 13.9 Å². The standard InChI is InChI=1S/C19H37F3N2O6SSi/c1-7-32(8-2,9-3)30-15(19(20,21)22)11-13-31(23,28)12-10-14(16(25)26)24-17(27)29-18(4,5)6/h14-15,23H,7-13H2,1-6H3,(H,24,27)(H,25,26)/t14-,15+,31?/m0/s1. The molecule has 0 aliphatic rings. The van der Waals surface area contributed by atoms with Crippen LogP contribution < -0.4 is 5.32 Å². The van der Waals surface area contributed by atoms with Crippen LogP contribution in [0.15, 0.2) is 0 Å². The van der Waals surface area contributed by atoms with Crippen LogP contribution in [0.5, 0.6) is 0 Å². The Labute approximate surface area is 189 Å². The Morgan fingerprint density at radius 1 is 1.06 bits per heavy atom. The number of alkyl carbamates (subject to hydrolysis) is 1. The van der Waals surface area contributed by atoms with Crippen LogP contribution in [-0.4, -0.2) is 65.1 Å². The van der Waals surface area contributed by atoms with E-state index in [1.807, 2.05) is 0 Å². The predicted octanol–water partition coefficient (Wildman–Crippen LogP) is 4.74. The summed E-state index contributed by atoms with van der Waals surface area (Å²) < 4.78 is 71.6. The number of nitrogens with one attached hydrogen (secondary N) is 2. The fraction of sp³-hybridized carbons (Fsp3) is 0.895. The molecule has 13 heteroatoms. The van der Waals surface area contributed by atoms with Gasteiger partial charge in [-0.1, -0.05) is 20.8 Å². The van der Waals surface area contributed by atoms with E-state index < -0.39 is 72.0 Å². The lowest BCUT2D eigenvalue weighted by molar-refractivity contribution is -0.198. The SMILES string of the molecule is CC[Si](CC)(CC)O[C@H](CCS(=N)(=O)CC[C@H](NC(=O)OC(C)(C)C)C(=O)O)C(F)(F)F. The highest BCUT2D eigenvalue weighted by molar-refractivity contribution is 7.92. The van der Waals surface area contributed by atoms with Gasteiger partial charge in [-0.25, -0.2) is 13.8 Å². The molecule has 0 aromatic carbocycles. The summed E-state index contributed by atoms with van der Waals surface area (Å²) in [6.45, 7) is 10.2. The average molecular weight is 507 g/mol. The number of hydrogen-bond donors (Lipinski definition) is 3. The summed E-state index contributed by atoms with van der Waals surface area (Å²) >= 11 is 0. The molecule has 0 rings (SSSR count). The van der Waals surface area contributed by atoms with Crippen LogP contribution in [0.1, 0.15) is 54.4 Å². The minimum absolute atomic E-state index is 0.383. The number of hydrogen-bond acceptors (Lipinski definition) is 6. The van der Waals surface area contributed by atoms with Gasteiger partial charge in [-0.15, -0.1) is 0 Å². The molecular weight excluding hydrogens is 469 g/mol. The zero-order valence-corrected chi connectivity index (χ0v) is 21.5. The van der Waals surface area contributed by atoms with Gasteiger partial charge in [0.05, 0.1) is 0 Å². The number of carboxylic acid groups (broad SMARTS) is 1. The number of carbonyl (C=O) groups is 2. The van der Waals surface area contributed by atoms with Crippen LogP contribution >= 0.6 is 0 Å². The van der Waals surface area contributed by atoms with E-state index in [2.05, 4.69) is 5.32 Å². The molecule has 190 valence electrons. The third-order valence-electron chi connectivity index (χ3n) is 5.13. The van der Waals surface area contributed by atoms with Gasteiger partial charge in [0.2, 0.25) is 0 Å². The number of carboxylic acids is 1. The molecule has 0 aliphatic carbocycles. The maximum Gasteiger partial charge on any atom is 0.413 e. The van der Waals surface area contributed by atoms with Crippen molar-refractivity contribution in [2.24, 2.45) is 0 Å². The quantitative estimate of drug-likeness (QED) is 0.310. The van der Waals surface area contributed by atoms with Gasteiger partial charge in [0.15, 0.2) is 8.32 Å². The molecule has 0 fully saturated rings. The highest BCUT2D eigenvalue weighted by Gasteiger charge is 2.45. The lowest BCUT2D eigenvalue weighted by Crippen LogP contribution is -2.46. The number of carbonyl (C=O) groups excluding carboxylic acids is 1. The van der Waals surface area contributed by atoms with Crippen LogP contribution in [0.25, 0.3) is 0 Å².